The van der Waals surface area contributed by atoms with E-state index in [0.29, 0.717) is 18.4 Å². The molecular formula is C11H12F2O2. The number of ether oxygens (including phenoxy) is 1. The second-order valence-electron chi connectivity index (χ2n) is 3.19. The molecule has 1 aromatic carbocycles. The number of halogens is 2. The summed E-state index contributed by atoms with van der Waals surface area (Å²) in [5.41, 5.74) is 0.632. The number of hydrogen-bond acceptors (Lipinski definition) is 2. The van der Waals surface area contributed by atoms with Gasteiger partial charge in [0.25, 0.3) is 0 Å². The third-order valence-corrected chi connectivity index (χ3v) is 1.94. The molecule has 0 fully saturated rings. The quantitative estimate of drug-likeness (QED) is 0.753. The van der Waals surface area contributed by atoms with Gasteiger partial charge in [0.1, 0.15) is 11.5 Å². The first-order chi connectivity index (χ1) is 7.09. The van der Waals surface area contributed by atoms with Crippen molar-refractivity contribution in [2.24, 2.45) is 0 Å². The summed E-state index contributed by atoms with van der Waals surface area (Å²) in [6.07, 6.45) is 0.766. The number of Topliss-reactive ketones (excluding diaryl/α,β-unsaturated/α-hetero) is 1. The van der Waals surface area contributed by atoms with Gasteiger partial charge < -0.3 is 9.53 Å². The van der Waals surface area contributed by atoms with E-state index in [9.17, 15) is 13.6 Å². The van der Waals surface area contributed by atoms with E-state index in [4.69, 9.17) is 0 Å². The van der Waals surface area contributed by atoms with Crippen LogP contribution in [-0.4, -0.2) is 12.4 Å². The Labute approximate surface area is 86.9 Å². The third kappa shape index (κ3) is 4.06. The van der Waals surface area contributed by atoms with E-state index < -0.39 is 6.61 Å². The van der Waals surface area contributed by atoms with Crippen molar-refractivity contribution in [2.75, 3.05) is 0 Å². The average Bonchev–Trinajstić information content (AvgIpc) is 2.15. The van der Waals surface area contributed by atoms with E-state index in [1.807, 2.05) is 0 Å². The predicted molar refractivity (Wildman–Crippen MR) is 52.1 cm³/mol. The van der Waals surface area contributed by atoms with E-state index in [2.05, 4.69) is 4.74 Å². The smallest absolute Gasteiger partial charge is 0.387 e. The van der Waals surface area contributed by atoms with Gasteiger partial charge in [-0.1, -0.05) is 18.2 Å². The van der Waals surface area contributed by atoms with Gasteiger partial charge in [-0.25, -0.2) is 0 Å². The highest BCUT2D eigenvalue weighted by molar-refractivity contribution is 5.75. The summed E-state index contributed by atoms with van der Waals surface area (Å²) in [5, 5.41) is 0. The summed E-state index contributed by atoms with van der Waals surface area (Å²) in [6.45, 7) is -1.36. The van der Waals surface area contributed by atoms with Gasteiger partial charge in [-0.3, -0.25) is 0 Å². The minimum absolute atomic E-state index is 0.0295. The second kappa shape index (κ2) is 5.44. The maximum Gasteiger partial charge on any atom is 0.387 e. The van der Waals surface area contributed by atoms with Gasteiger partial charge in [0.05, 0.1) is 0 Å². The van der Waals surface area contributed by atoms with Crippen molar-refractivity contribution in [1.29, 1.82) is 0 Å². The van der Waals surface area contributed by atoms with Gasteiger partial charge in [0.2, 0.25) is 0 Å². The number of carbonyl (C=O) groups excluding carboxylic acids is 1. The van der Waals surface area contributed by atoms with Crippen LogP contribution in [0.2, 0.25) is 0 Å². The molecule has 0 atom stereocenters. The highest BCUT2D eigenvalue weighted by Crippen LogP contribution is 2.21. The molecule has 0 aromatic heterocycles. The van der Waals surface area contributed by atoms with Crippen LogP contribution < -0.4 is 4.74 Å². The maximum atomic E-state index is 12.0. The molecule has 0 unspecified atom stereocenters. The van der Waals surface area contributed by atoms with Crippen LogP contribution in [0.25, 0.3) is 0 Å². The predicted octanol–water partition coefficient (Wildman–Crippen LogP) is 2.81. The number of aryl methyl sites for hydroxylation is 1. The molecule has 0 saturated heterocycles. The first-order valence-electron chi connectivity index (χ1n) is 4.61. The molecule has 0 aliphatic carbocycles. The Morgan fingerprint density at radius 2 is 2.07 bits per heavy atom. The van der Waals surface area contributed by atoms with Crippen LogP contribution in [-0.2, 0) is 11.2 Å². The molecule has 82 valence electrons. The molecule has 0 amide bonds. The van der Waals surface area contributed by atoms with Gasteiger partial charge in [-0.05, 0) is 25.0 Å². The van der Waals surface area contributed by atoms with Crippen molar-refractivity contribution in [3.05, 3.63) is 29.8 Å². The lowest BCUT2D eigenvalue weighted by Crippen LogP contribution is -2.05. The highest BCUT2D eigenvalue weighted by atomic mass is 19.3. The number of para-hydroxylation sites is 1. The van der Waals surface area contributed by atoms with Crippen LogP contribution in [0.15, 0.2) is 24.3 Å². The van der Waals surface area contributed by atoms with Crippen LogP contribution in [0.1, 0.15) is 18.9 Å². The molecule has 1 rings (SSSR count). The van der Waals surface area contributed by atoms with Crippen molar-refractivity contribution in [1.82, 2.24) is 0 Å². The third-order valence-electron chi connectivity index (χ3n) is 1.94. The summed E-state index contributed by atoms with van der Waals surface area (Å²) in [4.78, 5) is 10.8. The van der Waals surface area contributed by atoms with E-state index in [-0.39, 0.29) is 11.5 Å². The Morgan fingerprint density at radius 3 is 2.67 bits per heavy atom. The molecule has 0 heterocycles. The summed E-state index contributed by atoms with van der Waals surface area (Å²) >= 11 is 0. The summed E-state index contributed by atoms with van der Waals surface area (Å²) in [7, 11) is 0. The SMILES string of the molecule is CC(=O)CCc1ccccc1OC(F)F. The lowest BCUT2D eigenvalue weighted by molar-refractivity contribution is -0.116. The minimum atomic E-state index is -2.83. The lowest BCUT2D eigenvalue weighted by atomic mass is 10.1. The molecule has 2 nitrogen and oxygen atoms in total. The van der Waals surface area contributed by atoms with Crippen LogP contribution in [0.4, 0.5) is 8.78 Å². The zero-order valence-corrected chi connectivity index (χ0v) is 8.37. The fourth-order valence-electron chi connectivity index (χ4n) is 1.23. The van der Waals surface area contributed by atoms with Gasteiger partial charge >= 0.3 is 6.61 Å². The monoisotopic (exact) mass is 214 g/mol. The highest BCUT2D eigenvalue weighted by Gasteiger charge is 2.09. The topological polar surface area (TPSA) is 26.3 Å². The maximum absolute atomic E-state index is 12.0. The summed E-state index contributed by atoms with van der Waals surface area (Å²) in [5.74, 6) is 0.176. The van der Waals surface area contributed by atoms with Gasteiger partial charge in [0.15, 0.2) is 0 Å². The zero-order valence-electron chi connectivity index (χ0n) is 8.37. The van der Waals surface area contributed by atoms with Crippen LogP contribution in [0, 0.1) is 0 Å². The molecule has 0 aliphatic heterocycles. The number of rotatable bonds is 5. The second-order valence-corrected chi connectivity index (χ2v) is 3.19. The fourth-order valence-corrected chi connectivity index (χ4v) is 1.23. The molecule has 0 radical (unpaired) electrons. The van der Waals surface area contributed by atoms with Gasteiger partial charge in [0, 0.05) is 6.42 Å². The lowest BCUT2D eigenvalue weighted by Gasteiger charge is -2.09. The van der Waals surface area contributed by atoms with Crippen LogP contribution in [0.5, 0.6) is 5.75 Å². The minimum Gasteiger partial charge on any atom is -0.435 e. The molecule has 1 aromatic rings. The van der Waals surface area contributed by atoms with Crippen molar-refractivity contribution < 1.29 is 18.3 Å². The number of hydrogen-bond donors (Lipinski definition) is 0. The Morgan fingerprint density at radius 1 is 1.40 bits per heavy atom. The molecule has 0 aliphatic rings. The Balaban J connectivity index is 2.72. The number of benzene rings is 1. The molecule has 0 saturated carbocycles. The van der Waals surface area contributed by atoms with Crippen molar-refractivity contribution in [3.63, 3.8) is 0 Å². The van der Waals surface area contributed by atoms with E-state index >= 15 is 0 Å². The molecule has 4 heteroatoms. The Bertz CT molecular complexity index is 337. The molecule has 0 spiro atoms. The van der Waals surface area contributed by atoms with Crippen LogP contribution in [0.3, 0.4) is 0 Å². The first-order valence-corrected chi connectivity index (χ1v) is 4.61. The number of alkyl halides is 2. The van der Waals surface area contributed by atoms with Gasteiger partial charge in [-0.2, -0.15) is 8.78 Å². The number of ketones is 1. The zero-order chi connectivity index (χ0) is 11.3. The summed E-state index contributed by atoms with van der Waals surface area (Å²) < 4.78 is 28.4. The van der Waals surface area contributed by atoms with Crippen molar-refractivity contribution >= 4 is 5.78 Å². The molecule has 15 heavy (non-hydrogen) atoms. The van der Waals surface area contributed by atoms with E-state index in [0.717, 1.165) is 0 Å². The Hall–Kier alpha value is -1.45. The molecule has 0 bridgehead atoms. The Kier molecular flexibility index (Phi) is 4.21. The number of carbonyl (C=O) groups is 1. The van der Waals surface area contributed by atoms with E-state index in [1.165, 1.54) is 13.0 Å². The van der Waals surface area contributed by atoms with Crippen molar-refractivity contribution in [2.45, 2.75) is 26.4 Å². The van der Waals surface area contributed by atoms with Crippen LogP contribution >= 0.6 is 0 Å². The van der Waals surface area contributed by atoms with Gasteiger partial charge in [-0.15, -0.1) is 0 Å². The van der Waals surface area contributed by atoms with E-state index in [1.54, 1.807) is 18.2 Å². The normalized spacial score (nSPS) is 10.4. The molecule has 0 N–H and O–H groups in total. The standard InChI is InChI=1S/C11H12F2O2/c1-8(14)6-7-9-4-2-3-5-10(9)15-11(12)13/h2-5,11H,6-7H2,1H3. The average molecular weight is 214 g/mol. The van der Waals surface area contributed by atoms with Crippen molar-refractivity contribution in [3.8, 4) is 5.75 Å². The first kappa shape index (κ1) is 11.6. The fraction of sp³-hybridized carbons (Fsp3) is 0.364. The summed E-state index contributed by atoms with van der Waals surface area (Å²) in [6, 6.07) is 6.51. The largest absolute Gasteiger partial charge is 0.435 e. The molecular weight excluding hydrogens is 202 g/mol.